The van der Waals surface area contributed by atoms with E-state index in [9.17, 15) is 0 Å². The lowest BCUT2D eigenvalue weighted by Crippen LogP contribution is -1.95. The fraction of sp³-hybridized carbons (Fsp3) is 0.368. The number of hydrogen-bond donors (Lipinski definition) is 0. The van der Waals surface area contributed by atoms with Gasteiger partial charge in [-0.15, -0.1) is 0 Å². The molecule has 0 aromatic heterocycles. The molecule has 0 saturated carbocycles. The van der Waals surface area contributed by atoms with Crippen molar-refractivity contribution in [3.8, 4) is 0 Å². The number of allylic oxidation sites excluding steroid dienone is 3. The highest BCUT2D eigenvalue weighted by molar-refractivity contribution is 5.85. The summed E-state index contributed by atoms with van der Waals surface area (Å²) in [5.74, 6) is 0.881. The molecule has 0 heterocycles. The van der Waals surface area contributed by atoms with Crippen LogP contribution in [0.1, 0.15) is 57.6 Å². The maximum Gasteiger partial charge on any atom is 0.0740 e. The Labute approximate surface area is 129 Å². The van der Waals surface area contributed by atoms with Crippen molar-refractivity contribution in [2.45, 2.75) is 46.5 Å². The van der Waals surface area contributed by atoms with Gasteiger partial charge in [-0.25, -0.2) is 0 Å². The van der Waals surface area contributed by atoms with Gasteiger partial charge in [0.2, 0.25) is 0 Å². The Morgan fingerprint density at radius 2 is 1.67 bits per heavy atom. The maximum absolute atomic E-state index is 4.66. The van der Waals surface area contributed by atoms with Crippen LogP contribution >= 0.6 is 0 Å². The van der Waals surface area contributed by atoms with Crippen LogP contribution in [0.25, 0.3) is 0 Å². The lowest BCUT2D eigenvalue weighted by atomic mass is 9.93. The first-order valence-corrected chi connectivity index (χ1v) is 7.48. The Bertz CT molecular complexity index is 535. The summed E-state index contributed by atoms with van der Waals surface area (Å²) in [6, 6.07) is 6.41. The van der Waals surface area contributed by atoms with Gasteiger partial charge in [0.05, 0.1) is 17.6 Å². The number of rotatable bonds is 6. The van der Waals surface area contributed by atoms with Crippen LogP contribution in [0.15, 0.2) is 52.6 Å². The third kappa shape index (κ3) is 5.14. The summed E-state index contributed by atoms with van der Waals surface area (Å²) in [5, 5.41) is 0. The minimum absolute atomic E-state index is 0.440. The van der Waals surface area contributed by atoms with Crippen molar-refractivity contribution in [1.82, 2.24) is 0 Å². The quantitative estimate of drug-likeness (QED) is 0.589. The predicted molar refractivity (Wildman–Crippen MR) is 95.2 cm³/mol. The molecule has 0 atom stereocenters. The molecule has 2 heteroatoms. The lowest BCUT2D eigenvalue weighted by molar-refractivity contribution is 0.835. The number of hydrogen-bond acceptors (Lipinski definition) is 2. The summed E-state index contributed by atoms with van der Waals surface area (Å²) in [4.78, 5) is 8.89. The van der Waals surface area contributed by atoms with E-state index in [-0.39, 0.29) is 0 Å². The average Bonchev–Trinajstić information content (AvgIpc) is 2.44. The largest absolute Gasteiger partial charge is 0.256 e. The summed E-state index contributed by atoms with van der Waals surface area (Å²) in [5.41, 5.74) is 4.25. The Morgan fingerprint density at radius 3 is 2.14 bits per heavy atom. The van der Waals surface area contributed by atoms with Crippen molar-refractivity contribution in [3.05, 3.63) is 53.8 Å². The normalized spacial score (nSPS) is 12.5. The van der Waals surface area contributed by atoms with Crippen LogP contribution in [0.3, 0.4) is 0 Å². The second-order valence-corrected chi connectivity index (χ2v) is 5.65. The summed E-state index contributed by atoms with van der Waals surface area (Å²) >= 11 is 0. The van der Waals surface area contributed by atoms with Crippen molar-refractivity contribution in [3.63, 3.8) is 0 Å². The molecule has 0 aliphatic heterocycles. The van der Waals surface area contributed by atoms with Crippen LogP contribution < -0.4 is 0 Å². The first kappa shape index (κ1) is 17.1. The second kappa shape index (κ2) is 8.35. The second-order valence-electron chi connectivity index (χ2n) is 5.65. The van der Waals surface area contributed by atoms with E-state index >= 15 is 0 Å². The van der Waals surface area contributed by atoms with Crippen LogP contribution in [0.2, 0.25) is 0 Å². The van der Waals surface area contributed by atoms with Gasteiger partial charge in [-0.3, -0.25) is 9.98 Å². The molecule has 0 amide bonds. The summed E-state index contributed by atoms with van der Waals surface area (Å²) < 4.78 is 0. The molecule has 0 aliphatic carbocycles. The molecule has 0 fully saturated rings. The van der Waals surface area contributed by atoms with Gasteiger partial charge >= 0.3 is 0 Å². The van der Waals surface area contributed by atoms with E-state index in [0.717, 1.165) is 5.69 Å². The minimum Gasteiger partial charge on any atom is -0.256 e. The van der Waals surface area contributed by atoms with Crippen LogP contribution in [-0.4, -0.2) is 12.4 Å². The van der Waals surface area contributed by atoms with Gasteiger partial charge in [-0.05, 0) is 36.0 Å². The summed E-state index contributed by atoms with van der Waals surface area (Å²) in [6.07, 6.45) is 7.28. The Morgan fingerprint density at radius 1 is 1.10 bits per heavy atom. The first-order valence-electron chi connectivity index (χ1n) is 7.48. The van der Waals surface area contributed by atoms with E-state index in [1.807, 2.05) is 19.1 Å². The zero-order chi connectivity index (χ0) is 15.8. The van der Waals surface area contributed by atoms with Gasteiger partial charge in [0.25, 0.3) is 0 Å². The molecule has 112 valence electrons. The molecular formula is C19H26N2. The Kier molecular flexibility index (Phi) is 6.80. The molecule has 1 aromatic carbocycles. The average molecular weight is 282 g/mol. The number of aliphatic imine (C=N–C) groups is 2. The molecule has 2 nitrogen and oxygen atoms in total. The first-order chi connectivity index (χ1) is 9.97. The molecule has 0 saturated heterocycles. The molecule has 0 N–H and O–H groups in total. The lowest BCUT2D eigenvalue weighted by Gasteiger charge is -2.16. The SMILES string of the molecule is C=C(C=Nc1c(C(C)C)cccc1C(C)C)N=C/C=C\C. The fourth-order valence-corrected chi connectivity index (χ4v) is 2.06. The molecule has 0 spiro atoms. The van der Waals surface area contributed by atoms with Gasteiger partial charge in [0, 0.05) is 6.21 Å². The van der Waals surface area contributed by atoms with Crippen LogP contribution in [0.5, 0.6) is 0 Å². The predicted octanol–water partition coefficient (Wildman–Crippen LogP) is 5.80. The zero-order valence-corrected chi connectivity index (χ0v) is 13.8. The Balaban J connectivity index is 3.13. The van der Waals surface area contributed by atoms with E-state index in [4.69, 9.17) is 0 Å². The highest BCUT2D eigenvalue weighted by atomic mass is 14.8. The molecule has 0 aliphatic rings. The van der Waals surface area contributed by atoms with Gasteiger partial charge < -0.3 is 0 Å². The fourth-order valence-electron chi connectivity index (χ4n) is 2.06. The molecule has 1 aromatic rings. The molecule has 0 radical (unpaired) electrons. The van der Waals surface area contributed by atoms with Gasteiger partial charge in [0.1, 0.15) is 0 Å². The van der Waals surface area contributed by atoms with Crippen LogP contribution in [-0.2, 0) is 0 Å². The molecule has 1 rings (SSSR count). The van der Waals surface area contributed by atoms with Crippen molar-refractivity contribution < 1.29 is 0 Å². The molecule has 0 unspecified atom stereocenters. The van der Waals surface area contributed by atoms with E-state index < -0.39 is 0 Å². The van der Waals surface area contributed by atoms with Crippen molar-refractivity contribution in [2.75, 3.05) is 0 Å². The third-order valence-corrected chi connectivity index (χ3v) is 3.20. The third-order valence-electron chi connectivity index (χ3n) is 3.20. The van der Waals surface area contributed by atoms with E-state index in [0.29, 0.717) is 17.5 Å². The number of nitrogens with zero attached hydrogens (tertiary/aromatic N) is 2. The van der Waals surface area contributed by atoms with Gasteiger partial charge in [-0.1, -0.05) is 58.5 Å². The summed E-state index contributed by atoms with van der Waals surface area (Å²) in [6.45, 7) is 14.6. The number of para-hydroxylation sites is 1. The van der Waals surface area contributed by atoms with Crippen molar-refractivity contribution in [2.24, 2.45) is 9.98 Å². The summed E-state index contributed by atoms with van der Waals surface area (Å²) in [7, 11) is 0. The molecule has 21 heavy (non-hydrogen) atoms. The number of benzene rings is 1. The van der Waals surface area contributed by atoms with Crippen LogP contribution in [0, 0.1) is 0 Å². The van der Waals surface area contributed by atoms with E-state index in [2.05, 4.69) is 62.5 Å². The highest BCUT2D eigenvalue weighted by Crippen LogP contribution is 2.34. The van der Waals surface area contributed by atoms with E-state index in [1.165, 1.54) is 11.1 Å². The highest BCUT2D eigenvalue weighted by Gasteiger charge is 2.12. The van der Waals surface area contributed by atoms with Crippen molar-refractivity contribution in [1.29, 1.82) is 0 Å². The van der Waals surface area contributed by atoms with Gasteiger partial charge in [-0.2, -0.15) is 0 Å². The van der Waals surface area contributed by atoms with E-state index in [1.54, 1.807) is 12.4 Å². The standard InChI is InChI=1S/C19H26N2/c1-7-8-12-20-16(6)13-21-19-17(14(2)3)10-9-11-18(19)15(4)5/h7-15H,6H2,1-5H3/b8-7-,20-12?,21-13?. The van der Waals surface area contributed by atoms with Crippen LogP contribution in [0.4, 0.5) is 5.69 Å². The van der Waals surface area contributed by atoms with Crippen molar-refractivity contribution >= 4 is 18.1 Å². The smallest absolute Gasteiger partial charge is 0.0740 e. The Hall–Kier alpha value is -1.96. The zero-order valence-electron chi connectivity index (χ0n) is 13.8. The maximum atomic E-state index is 4.66. The van der Waals surface area contributed by atoms with Gasteiger partial charge in [0.15, 0.2) is 0 Å². The monoisotopic (exact) mass is 282 g/mol. The minimum atomic E-state index is 0.440. The molecular weight excluding hydrogens is 256 g/mol. The molecule has 0 bridgehead atoms. The topological polar surface area (TPSA) is 24.7 Å².